The first kappa shape index (κ1) is 18.4. The lowest BCUT2D eigenvalue weighted by atomic mass is 10.1. The van der Waals surface area contributed by atoms with Crippen LogP contribution in [0.1, 0.15) is 33.6 Å². The number of carbonyl (C=O) groups excluding carboxylic acids is 3. The predicted octanol–water partition coefficient (Wildman–Crippen LogP) is 1.30. The third kappa shape index (κ3) is 4.30. The smallest absolute Gasteiger partial charge is 0.410 e. The number of likely N-dealkylation sites (tertiary alicyclic amines) is 1. The van der Waals surface area contributed by atoms with E-state index in [2.05, 4.69) is 0 Å². The van der Waals surface area contributed by atoms with Crippen LogP contribution < -0.4 is 0 Å². The lowest BCUT2D eigenvalue weighted by Crippen LogP contribution is -2.55. The Bertz CT molecular complexity index is 494. The van der Waals surface area contributed by atoms with Crippen LogP contribution in [0.25, 0.3) is 0 Å². The van der Waals surface area contributed by atoms with Gasteiger partial charge in [-0.05, 0) is 33.6 Å². The number of hydrogen-bond donors (Lipinski definition) is 0. The Balaban J connectivity index is 1.89. The molecule has 2 heterocycles. The molecule has 8 nitrogen and oxygen atoms in total. The second kappa shape index (κ2) is 7.27. The average Bonchev–Trinajstić information content (AvgIpc) is 3.01. The fourth-order valence-corrected chi connectivity index (χ4v) is 3.01. The summed E-state index contributed by atoms with van der Waals surface area (Å²) in [6.07, 6.45) is 0.633. The number of hydrogen-bond acceptors (Lipinski definition) is 5. The van der Waals surface area contributed by atoms with Crippen molar-refractivity contribution in [3.05, 3.63) is 0 Å². The molecule has 0 unspecified atom stereocenters. The highest BCUT2D eigenvalue weighted by atomic mass is 16.6. The molecule has 1 atom stereocenters. The van der Waals surface area contributed by atoms with Crippen LogP contribution >= 0.6 is 0 Å². The Morgan fingerprint density at radius 3 is 2.04 bits per heavy atom. The zero-order chi connectivity index (χ0) is 17.9. The normalized spacial score (nSPS) is 21.7. The molecule has 0 aliphatic carbocycles. The molecule has 0 saturated carbocycles. The van der Waals surface area contributed by atoms with E-state index in [9.17, 15) is 14.4 Å². The molecule has 136 valence electrons. The van der Waals surface area contributed by atoms with Gasteiger partial charge in [-0.3, -0.25) is 9.69 Å². The molecule has 0 radical (unpaired) electrons. The van der Waals surface area contributed by atoms with E-state index in [1.165, 1.54) is 12.0 Å². The van der Waals surface area contributed by atoms with E-state index in [0.29, 0.717) is 39.1 Å². The van der Waals surface area contributed by atoms with Gasteiger partial charge >= 0.3 is 12.2 Å². The van der Waals surface area contributed by atoms with Crippen molar-refractivity contribution in [3.8, 4) is 0 Å². The number of rotatable bonds is 1. The number of piperazine rings is 1. The Morgan fingerprint density at radius 2 is 1.50 bits per heavy atom. The van der Waals surface area contributed by atoms with E-state index in [-0.39, 0.29) is 12.0 Å². The number of amides is 3. The topological polar surface area (TPSA) is 79.4 Å². The van der Waals surface area contributed by atoms with Gasteiger partial charge in [-0.15, -0.1) is 0 Å². The Morgan fingerprint density at radius 1 is 0.917 bits per heavy atom. The van der Waals surface area contributed by atoms with Crippen molar-refractivity contribution in [2.24, 2.45) is 0 Å². The highest BCUT2D eigenvalue weighted by molar-refractivity contribution is 5.86. The molecule has 0 aromatic heterocycles. The Kier molecular flexibility index (Phi) is 5.56. The van der Waals surface area contributed by atoms with Crippen LogP contribution in [0, 0.1) is 0 Å². The second-order valence-corrected chi connectivity index (χ2v) is 7.11. The maximum Gasteiger partial charge on any atom is 0.410 e. The van der Waals surface area contributed by atoms with E-state index < -0.39 is 17.7 Å². The summed E-state index contributed by atoms with van der Waals surface area (Å²) >= 11 is 0. The van der Waals surface area contributed by atoms with Crippen LogP contribution in [0.2, 0.25) is 0 Å². The number of nitrogens with zero attached hydrogens (tertiary/aromatic N) is 3. The van der Waals surface area contributed by atoms with E-state index in [1.807, 2.05) is 20.8 Å². The van der Waals surface area contributed by atoms with Gasteiger partial charge in [0.15, 0.2) is 0 Å². The maximum absolute atomic E-state index is 12.7. The van der Waals surface area contributed by atoms with Crippen molar-refractivity contribution in [3.63, 3.8) is 0 Å². The quantitative estimate of drug-likeness (QED) is 0.718. The van der Waals surface area contributed by atoms with Gasteiger partial charge in [0.2, 0.25) is 5.91 Å². The van der Waals surface area contributed by atoms with Gasteiger partial charge in [-0.25, -0.2) is 9.59 Å². The summed E-state index contributed by atoms with van der Waals surface area (Å²) in [6, 6.07) is -0.453. The first-order valence-corrected chi connectivity index (χ1v) is 8.34. The summed E-state index contributed by atoms with van der Waals surface area (Å²) < 4.78 is 10.1. The number of carbonyl (C=O) groups is 3. The molecule has 8 heteroatoms. The SMILES string of the molecule is COC(=O)N1CCC[C@@H]1C(=O)N1CCN(C(=O)OC(C)(C)C)CC1. The van der Waals surface area contributed by atoms with Crippen LogP contribution in [0.3, 0.4) is 0 Å². The molecule has 2 aliphatic heterocycles. The molecule has 2 saturated heterocycles. The lowest BCUT2D eigenvalue weighted by molar-refractivity contribution is -0.137. The summed E-state index contributed by atoms with van der Waals surface area (Å²) in [5, 5.41) is 0. The minimum absolute atomic E-state index is 0.0678. The predicted molar refractivity (Wildman–Crippen MR) is 86.5 cm³/mol. The minimum Gasteiger partial charge on any atom is -0.453 e. The summed E-state index contributed by atoms with van der Waals surface area (Å²) in [4.78, 5) is 41.3. The number of ether oxygens (including phenoxy) is 2. The summed E-state index contributed by atoms with van der Waals surface area (Å²) in [5.41, 5.74) is -0.533. The third-order valence-electron chi connectivity index (χ3n) is 4.19. The number of methoxy groups -OCH3 is 1. The summed E-state index contributed by atoms with van der Waals surface area (Å²) in [5.74, 6) is -0.0678. The van der Waals surface area contributed by atoms with Crippen molar-refractivity contribution in [1.29, 1.82) is 0 Å². The molecular formula is C16H27N3O5. The average molecular weight is 341 g/mol. The van der Waals surface area contributed by atoms with Crippen molar-refractivity contribution >= 4 is 18.1 Å². The first-order valence-electron chi connectivity index (χ1n) is 8.34. The van der Waals surface area contributed by atoms with Crippen molar-refractivity contribution in [2.45, 2.75) is 45.3 Å². The van der Waals surface area contributed by atoms with Gasteiger partial charge in [-0.1, -0.05) is 0 Å². The third-order valence-corrected chi connectivity index (χ3v) is 4.19. The standard InChI is InChI=1S/C16H27N3O5/c1-16(2,3)24-14(21)18-10-8-17(9-11-18)13(20)12-6-5-7-19(12)15(22)23-4/h12H,5-11H2,1-4H3/t12-/m1/s1. The van der Waals surface area contributed by atoms with Gasteiger partial charge in [0.25, 0.3) is 0 Å². The van der Waals surface area contributed by atoms with Crippen LogP contribution in [-0.2, 0) is 14.3 Å². The zero-order valence-corrected chi connectivity index (χ0v) is 14.9. The first-order chi connectivity index (χ1) is 11.2. The fourth-order valence-electron chi connectivity index (χ4n) is 3.01. The second-order valence-electron chi connectivity index (χ2n) is 7.11. The Labute approximate surface area is 142 Å². The lowest BCUT2D eigenvalue weighted by Gasteiger charge is -2.37. The van der Waals surface area contributed by atoms with E-state index >= 15 is 0 Å². The molecule has 0 bridgehead atoms. The van der Waals surface area contributed by atoms with Gasteiger partial charge in [-0.2, -0.15) is 0 Å². The molecule has 0 spiro atoms. The molecule has 24 heavy (non-hydrogen) atoms. The van der Waals surface area contributed by atoms with Gasteiger partial charge in [0.1, 0.15) is 11.6 Å². The highest BCUT2D eigenvalue weighted by Gasteiger charge is 2.38. The van der Waals surface area contributed by atoms with Crippen molar-refractivity contribution in [2.75, 3.05) is 39.8 Å². The molecule has 2 aliphatic rings. The Hall–Kier alpha value is -1.99. The molecule has 2 rings (SSSR count). The van der Waals surface area contributed by atoms with Gasteiger partial charge in [0, 0.05) is 32.7 Å². The van der Waals surface area contributed by atoms with Crippen LogP contribution in [0.4, 0.5) is 9.59 Å². The highest BCUT2D eigenvalue weighted by Crippen LogP contribution is 2.21. The van der Waals surface area contributed by atoms with E-state index in [4.69, 9.17) is 9.47 Å². The summed E-state index contributed by atoms with van der Waals surface area (Å²) in [7, 11) is 1.32. The maximum atomic E-state index is 12.7. The summed E-state index contributed by atoms with van der Waals surface area (Å²) in [6.45, 7) is 7.79. The van der Waals surface area contributed by atoms with Crippen molar-refractivity contribution in [1.82, 2.24) is 14.7 Å². The monoisotopic (exact) mass is 341 g/mol. The molecule has 3 amide bonds. The van der Waals surface area contributed by atoms with Crippen LogP contribution in [0.5, 0.6) is 0 Å². The fraction of sp³-hybridized carbons (Fsp3) is 0.812. The van der Waals surface area contributed by atoms with E-state index in [0.717, 1.165) is 6.42 Å². The van der Waals surface area contributed by atoms with Crippen LogP contribution in [0.15, 0.2) is 0 Å². The molecule has 0 N–H and O–H groups in total. The minimum atomic E-state index is -0.533. The molecule has 0 aromatic rings. The molecule has 0 aromatic carbocycles. The van der Waals surface area contributed by atoms with Gasteiger partial charge in [0.05, 0.1) is 7.11 Å². The largest absolute Gasteiger partial charge is 0.453 e. The van der Waals surface area contributed by atoms with Crippen molar-refractivity contribution < 1.29 is 23.9 Å². The van der Waals surface area contributed by atoms with Gasteiger partial charge < -0.3 is 19.3 Å². The zero-order valence-electron chi connectivity index (χ0n) is 14.9. The molecule has 2 fully saturated rings. The van der Waals surface area contributed by atoms with Crippen LogP contribution in [-0.4, -0.2) is 84.3 Å². The molecular weight excluding hydrogens is 314 g/mol. The van der Waals surface area contributed by atoms with E-state index in [1.54, 1.807) is 9.80 Å².